The molecule has 5 nitrogen and oxygen atoms in total. The quantitative estimate of drug-likeness (QED) is 0.230. The molecule has 0 unspecified atom stereocenters. The summed E-state index contributed by atoms with van der Waals surface area (Å²) in [5.41, 5.74) is 14.4. The molecule has 0 heterocycles. The van der Waals surface area contributed by atoms with Crippen LogP contribution in [0.3, 0.4) is 0 Å². The van der Waals surface area contributed by atoms with Crippen LogP contribution in [0.5, 0.6) is 0 Å². The highest BCUT2D eigenvalue weighted by Crippen LogP contribution is 2.26. The minimum atomic E-state index is 0.168. The van der Waals surface area contributed by atoms with E-state index in [1.165, 1.54) is 34.7 Å². The molecule has 1 aromatic carbocycles. The average molecular weight is 380 g/mol. The first-order valence-electron chi connectivity index (χ1n) is 8.30. The van der Waals surface area contributed by atoms with Gasteiger partial charge < -0.3 is 16.8 Å². The van der Waals surface area contributed by atoms with Crippen LogP contribution in [0.25, 0.3) is 0 Å². The first-order valence-corrected chi connectivity index (χ1v) is 10.3. The van der Waals surface area contributed by atoms with Crippen LogP contribution in [0.4, 0.5) is 0 Å². The van der Waals surface area contributed by atoms with Crippen molar-refractivity contribution in [1.29, 1.82) is 10.8 Å². The van der Waals surface area contributed by atoms with Gasteiger partial charge in [0.1, 0.15) is 0 Å². The largest absolute Gasteiger partial charge is 0.389 e. The number of nitrogens with one attached hydrogen (secondary N) is 3. The van der Waals surface area contributed by atoms with Crippen LogP contribution in [0, 0.1) is 10.8 Å². The Morgan fingerprint density at radius 2 is 1.80 bits per heavy atom. The monoisotopic (exact) mass is 379 g/mol. The van der Waals surface area contributed by atoms with Gasteiger partial charge in [0, 0.05) is 23.7 Å². The van der Waals surface area contributed by atoms with E-state index in [0.717, 1.165) is 43.0 Å². The SMILES string of the molecule is C=C(C)NCCC[C@@H](CSC(=N)N)c1ccc(CCSC(=N)N)cc1. The molecule has 0 amide bonds. The van der Waals surface area contributed by atoms with Crippen LogP contribution in [0.15, 0.2) is 36.5 Å². The van der Waals surface area contributed by atoms with Crippen molar-refractivity contribution < 1.29 is 0 Å². The predicted octanol–water partition coefficient (Wildman–Crippen LogP) is 3.47. The molecule has 1 aromatic rings. The van der Waals surface area contributed by atoms with Gasteiger partial charge in [0.05, 0.1) is 0 Å². The number of rotatable bonds is 11. The zero-order valence-corrected chi connectivity index (χ0v) is 16.4. The van der Waals surface area contributed by atoms with Gasteiger partial charge in [-0.2, -0.15) is 0 Å². The Balaban J connectivity index is 2.60. The lowest BCUT2D eigenvalue weighted by molar-refractivity contribution is 0.615. The van der Waals surface area contributed by atoms with E-state index in [2.05, 4.69) is 36.2 Å². The summed E-state index contributed by atoms with van der Waals surface area (Å²) in [7, 11) is 0. The van der Waals surface area contributed by atoms with Gasteiger partial charge in [-0.3, -0.25) is 10.8 Å². The summed E-state index contributed by atoms with van der Waals surface area (Å²) in [5.74, 6) is 2.02. The third-order valence-electron chi connectivity index (χ3n) is 3.70. The van der Waals surface area contributed by atoms with E-state index in [1.54, 1.807) is 0 Å². The summed E-state index contributed by atoms with van der Waals surface area (Å²) in [6.45, 7) is 6.73. The summed E-state index contributed by atoms with van der Waals surface area (Å²) >= 11 is 2.77. The molecular formula is C18H29N5S2. The van der Waals surface area contributed by atoms with Gasteiger partial charge in [0.25, 0.3) is 0 Å². The van der Waals surface area contributed by atoms with Crippen LogP contribution < -0.4 is 16.8 Å². The maximum Gasteiger partial charge on any atom is 0.151 e. The zero-order chi connectivity index (χ0) is 18.7. The molecule has 0 aliphatic heterocycles. The maximum atomic E-state index is 7.45. The van der Waals surface area contributed by atoms with Crippen LogP contribution >= 0.6 is 23.5 Å². The third-order valence-corrected chi connectivity index (χ3v) is 5.29. The third kappa shape index (κ3) is 10.1. The van der Waals surface area contributed by atoms with Crippen molar-refractivity contribution in [2.24, 2.45) is 11.5 Å². The second kappa shape index (κ2) is 11.9. The normalized spacial score (nSPS) is 11.7. The average Bonchev–Trinajstić information content (AvgIpc) is 2.54. The van der Waals surface area contributed by atoms with E-state index in [0.29, 0.717) is 5.92 Å². The fourth-order valence-electron chi connectivity index (χ4n) is 2.42. The summed E-state index contributed by atoms with van der Waals surface area (Å²) in [4.78, 5) is 0. The molecule has 0 saturated carbocycles. The van der Waals surface area contributed by atoms with Gasteiger partial charge in [-0.05, 0) is 43.2 Å². The fourth-order valence-corrected chi connectivity index (χ4v) is 3.72. The molecule has 0 saturated heterocycles. The Labute approximate surface area is 159 Å². The molecule has 7 heteroatoms. The highest BCUT2D eigenvalue weighted by atomic mass is 32.2. The topological polar surface area (TPSA) is 112 Å². The van der Waals surface area contributed by atoms with Crippen molar-refractivity contribution in [3.63, 3.8) is 0 Å². The number of allylic oxidation sites excluding steroid dienone is 1. The maximum absolute atomic E-state index is 7.45. The number of hydrogen-bond donors (Lipinski definition) is 5. The van der Waals surface area contributed by atoms with Gasteiger partial charge >= 0.3 is 0 Å². The Morgan fingerprint density at radius 3 is 2.36 bits per heavy atom. The number of hydrogen-bond acceptors (Lipinski definition) is 5. The highest BCUT2D eigenvalue weighted by Gasteiger charge is 2.12. The molecule has 0 spiro atoms. The van der Waals surface area contributed by atoms with Crippen LogP contribution in [-0.4, -0.2) is 28.4 Å². The number of amidine groups is 2. The van der Waals surface area contributed by atoms with Gasteiger partial charge in [-0.25, -0.2) is 0 Å². The molecule has 0 aliphatic carbocycles. The first kappa shape index (κ1) is 21.4. The molecule has 1 rings (SSSR count). The lowest BCUT2D eigenvalue weighted by Gasteiger charge is -2.18. The Kier molecular flexibility index (Phi) is 10.2. The van der Waals surface area contributed by atoms with E-state index < -0.39 is 0 Å². The fraction of sp³-hybridized carbons (Fsp3) is 0.444. The molecule has 0 radical (unpaired) electrons. The molecule has 0 aliphatic rings. The Bertz CT molecular complexity index is 571. The van der Waals surface area contributed by atoms with Gasteiger partial charge in [0.2, 0.25) is 0 Å². The number of aryl methyl sites for hydroxylation is 1. The van der Waals surface area contributed by atoms with Gasteiger partial charge in [0.15, 0.2) is 10.3 Å². The Hall–Kier alpha value is -1.60. The minimum Gasteiger partial charge on any atom is -0.389 e. The van der Waals surface area contributed by atoms with E-state index in [1.807, 2.05) is 6.92 Å². The van der Waals surface area contributed by atoms with Gasteiger partial charge in [-0.15, -0.1) is 0 Å². The molecule has 7 N–H and O–H groups in total. The smallest absolute Gasteiger partial charge is 0.151 e. The van der Waals surface area contributed by atoms with E-state index in [9.17, 15) is 0 Å². The van der Waals surface area contributed by atoms with Crippen molar-refractivity contribution in [1.82, 2.24) is 5.32 Å². The Morgan fingerprint density at radius 1 is 1.16 bits per heavy atom. The summed E-state index contributed by atoms with van der Waals surface area (Å²) < 4.78 is 0. The van der Waals surface area contributed by atoms with Crippen molar-refractivity contribution >= 4 is 33.9 Å². The molecule has 0 aromatic heterocycles. The number of thioether (sulfide) groups is 2. The zero-order valence-electron chi connectivity index (χ0n) is 14.8. The van der Waals surface area contributed by atoms with Crippen LogP contribution in [0.2, 0.25) is 0 Å². The lowest BCUT2D eigenvalue weighted by Crippen LogP contribution is -2.14. The highest BCUT2D eigenvalue weighted by molar-refractivity contribution is 8.13. The van der Waals surface area contributed by atoms with E-state index in [4.69, 9.17) is 22.3 Å². The second-order valence-electron chi connectivity index (χ2n) is 5.93. The van der Waals surface area contributed by atoms with E-state index in [-0.39, 0.29) is 10.3 Å². The minimum absolute atomic E-state index is 0.168. The molecule has 0 bridgehead atoms. The lowest BCUT2D eigenvalue weighted by atomic mass is 9.95. The van der Waals surface area contributed by atoms with Crippen molar-refractivity contribution in [3.05, 3.63) is 47.7 Å². The number of nitrogens with two attached hydrogens (primary N) is 2. The second-order valence-corrected chi connectivity index (χ2v) is 8.12. The standard InChI is InChI=1S/C18H29N5S2/c1-13(2)23-10-3-4-16(12-25-18(21)22)15-7-5-14(6-8-15)9-11-24-17(19)20/h5-8,16,23H,1,3-4,9-12H2,2H3,(H3,19,20)(H3,21,22)/t16-/m0/s1. The van der Waals surface area contributed by atoms with Crippen molar-refractivity contribution in [2.75, 3.05) is 18.1 Å². The van der Waals surface area contributed by atoms with Gasteiger partial charge in [-0.1, -0.05) is 54.4 Å². The van der Waals surface area contributed by atoms with Crippen LogP contribution in [0.1, 0.15) is 36.8 Å². The molecule has 138 valence electrons. The summed E-state index contributed by atoms with van der Waals surface area (Å²) in [5, 5.41) is 18.3. The van der Waals surface area contributed by atoms with E-state index >= 15 is 0 Å². The molecule has 25 heavy (non-hydrogen) atoms. The number of benzene rings is 1. The predicted molar refractivity (Wildman–Crippen MR) is 114 cm³/mol. The molecule has 0 fully saturated rings. The van der Waals surface area contributed by atoms with Crippen molar-refractivity contribution in [3.8, 4) is 0 Å². The van der Waals surface area contributed by atoms with Crippen LogP contribution in [-0.2, 0) is 6.42 Å². The summed E-state index contributed by atoms with van der Waals surface area (Å²) in [6, 6.07) is 8.64. The van der Waals surface area contributed by atoms with Crippen molar-refractivity contribution in [2.45, 2.75) is 32.1 Å². The molecule has 1 atom stereocenters. The first-order chi connectivity index (χ1) is 11.9. The molecular weight excluding hydrogens is 350 g/mol. The summed E-state index contributed by atoms with van der Waals surface area (Å²) in [6.07, 6.45) is 2.99.